The van der Waals surface area contributed by atoms with E-state index in [-0.39, 0.29) is 16.8 Å². The molecule has 0 saturated heterocycles. The van der Waals surface area contributed by atoms with E-state index in [1.807, 2.05) is 32.0 Å². The van der Waals surface area contributed by atoms with Gasteiger partial charge in [0.05, 0.1) is 10.9 Å². The first-order chi connectivity index (χ1) is 20.3. The average Bonchev–Trinajstić information content (AvgIpc) is 3.62. The molecule has 2 bridgehead atoms. The van der Waals surface area contributed by atoms with Crippen molar-refractivity contribution >= 4 is 33.0 Å². The van der Waals surface area contributed by atoms with Crippen LogP contribution >= 0.6 is 0 Å². The Hall–Kier alpha value is -4.10. The summed E-state index contributed by atoms with van der Waals surface area (Å²) in [6.45, 7) is 3.93. The van der Waals surface area contributed by atoms with Crippen molar-refractivity contribution in [3.05, 3.63) is 119 Å². The number of carbonyl (C=O) groups excluding carboxylic acids is 1. The van der Waals surface area contributed by atoms with Gasteiger partial charge in [-0.15, -0.1) is 0 Å². The quantitative estimate of drug-likeness (QED) is 0.220. The Labute approximate surface area is 247 Å². The van der Waals surface area contributed by atoms with Gasteiger partial charge in [0.2, 0.25) is 0 Å². The Morgan fingerprint density at radius 1 is 0.810 bits per heavy atom. The second kappa shape index (κ2) is 10.3. The maximum absolute atomic E-state index is 13.4. The van der Waals surface area contributed by atoms with Crippen LogP contribution in [0.1, 0.15) is 63.8 Å². The van der Waals surface area contributed by atoms with Crippen LogP contribution in [-0.2, 0) is 10.0 Å². The van der Waals surface area contributed by atoms with Crippen molar-refractivity contribution in [1.82, 2.24) is 0 Å². The van der Waals surface area contributed by atoms with Gasteiger partial charge in [-0.25, -0.2) is 8.42 Å². The summed E-state index contributed by atoms with van der Waals surface area (Å²) in [5.41, 5.74) is 7.50. The van der Waals surface area contributed by atoms with Crippen molar-refractivity contribution in [3.8, 4) is 0 Å². The van der Waals surface area contributed by atoms with E-state index in [4.69, 9.17) is 0 Å². The molecule has 1 heterocycles. The molecule has 0 spiro atoms. The molecule has 3 aliphatic rings. The van der Waals surface area contributed by atoms with Crippen molar-refractivity contribution in [3.63, 3.8) is 0 Å². The number of aryl methyl sites for hydroxylation is 2. The van der Waals surface area contributed by atoms with E-state index in [1.54, 1.807) is 18.2 Å². The second-order valence-corrected chi connectivity index (χ2v) is 13.8. The van der Waals surface area contributed by atoms with Crippen LogP contribution < -0.4 is 15.4 Å². The molecule has 1 aliphatic heterocycles. The number of carbonyl (C=O) groups is 1. The zero-order valence-electron chi connectivity index (χ0n) is 23.8. The molecule has 2 aliphatic carbocycles. The van der Waals surface area contributed by atoms with Crippen LogP contribution in [0.25, 0.3) is 0 Å². The lowest BCUT2D eigenvalue weighted by Crippen LogP contribution is -2.35. The number of rotatable bonds is 6. The summed E-state index contributed by atoms with van der Waals surface area (Å²) in [5, 5.41) is 6.80. The number of anilines is 3. The molecule has 214 valence electrons. The highest BCUT2D eigenvalue weighted by molar-refractivity contribution is 7.92. The lowest BCUT2D eigenvalue weighted by atomic mass is 9.68. The van der Waals surface area contributed by atoms with Crippen molar-refractivity contribution < 1.29 is 13.2 Å². The Morgan fingerprint density at radius 2 is 1.55 bits per heavy atom. The van der Waals surface area contributed by atoms with Crippen LogP contribution in [0.5, 0.6) is 0 Å². The number of benzene rings is 4. The lowest BCUT2D eigenvalue weighted by Gasteiger charge is -2.43. The fourth-order valence-corrected chi connectivity index (χ4v) is 8.61. The van der Waals surface area contributed by atoms with Crippen LogP contribution in [0.15, 0.2) is 95.9 Å². The maximum Gasteiger partial charge on any atom is 0.261 e. The highest BCUT2D eigenvalue weighted by Gasteiger charge is 2.53. The summed E-state index contributed by atoms with van der Waals surface area (Å²) in [5.74, 6) is 2.16. The molecule has 4 aromatic carbocycles. The van der Waals surface area contributed by atoms with E-state index in [2.05, 4.69) is 57.8 Å². The minimum absolute atomic E-state index is 0.133. The lowest BCUT2D eigenvalue weighted by molar-refractivity contribution is 0.102. The molecule has 7 rings (SSSR count). The summed E-state index contributed by atoms with van der Waals surface area (Å²) in [6, 6.07) is 28.8. The van der Waals surface area contributed by atoms with Crippen LogP contribution in [0, 0.1) is 31.6 Å². The number of hydrogen-bond acceptors (Lipinski definition) is 4. The minimum Gasteiger partial charge on any atom is -0.378 e. The molecule has 2 saturated carbocycles. The Morgan fingerprint density at radius 3 is 2.31 bits per heavy atom. The van der Waals surface area contributed by atoms with Gasteiger partial charge in [-0.2, -0.15) is 0 Å². The first kappa shape index (κ1) is 26.8. The summed E-state index contributed by atoms with van der Waals surface area (Å²) in [7, 11) is -3.76. The van der Waals surface area contributed by atoms with Gasteiger partial charge in [0.1, 0.15) is 0 Å². The van der Waals surface area contributed by atoms with Gasteiger partial charge in [-0.05, 0) is 134 Å². The molecule has 7 heteroatoms. The summed E-state index contributed by atoms with van der Waals surface area (Å²) in [6.07, 6.45) is 3.82. The van der Waals surface area contributed by atoms with E-state index in [1.165, 1.54) is 42.5 Å². The summed E-state index contributed by atoms with van der Waals surface area (Å²) in [4.78, 5) is 13.5. The van der Waals surface area contributed by atoms with Crippen molar-refractivity contribution in [2.24, 2.45) is 17.8 Å². The first-order valence-electron chi connectivity index (χ1n) is 14.7. The second-order valence-electron chi connectivity index (χ2n) is 12.2. The Bertz CT molecular complexity index is 1770. The third-order valence-corrected chi connectivity index (χ3v) is 11.1. The number of hydrogen-bond donors (Lipinski definition) is 3. The van der Waals surface area contributed by atoms with E-state index >= 15 is 0 Å². The molecular weight excluding hydrogens is 542 g/mol. The predicted molar refractivity (Wildman–Crippen MR) is 167 cm³/mol. The SMILES string of the molecule is Cc1ccc(NS(=O)(=O)c2ccc(NC(=O)c3ccc4c(c3)[C@@H]3[C@H]5CC[C@@H](C5)[C@@H]3[C@H](c3ccccc3)N4)cc2)cc1C. The molecule has 2 fully saturated rings. The zero-order valence-corrected chi connectivity index (χ0v) is 24.6. The molecular formula is C35H35N3O3S. The molecule has 42 heavy (non-hydrogen) atoms. The Kier molecular flexibility index (Phi) is 6.58. The highest BCUT2D eigenvalue weighted by Crippen LogP contribution is 2.63. The Balaban J connectivity index is 1.09. The minimum atomic E-state index is -3.76. The van der Waals surface area contributed by atoms with E-state index in [9.17, 15) is 13.2 Å². The zero-order chi connectivity index (χ0) is 29.0. The van der Waals surface area contributed by atoms with Gasteiger partial charge < -0.3 is 10.6 Å². The summed E-state index contributed by atoms with van der Waals surface area (Å²) < 4.78 is 28.5. The third kappa shape index (κ3) is 4.75. The number of fused-ring (bicyclic) bond motifs is 7. The van der Waals surface area contributed by atoms with Crippen LogP contribution in [0.4, 0.5) is 17.1 Å². The topological polar surface area (TPSA) is 87.3 Å². The van der Waals surface area contributed by atoms with Gasteiger partial charge in [0, 0.05) is 22.6 Å². The summed E-state index contributed by atoms with van der Waals surface area (Å²) >= 11 is 0. The van der Waals surface area contributed by atoms with Crippen molar-refractivity contribution in [2.75, 3.05) is 15.4 Å². The molecule has 0 aromatic heterocycles. The molecule has 3 N–H and O–H groups in total. The van der Waals surface area contributed by atoms with Crippen LogP contribution in [0.3, 0.4) is 0 Å². The standard InChI is InChI=1S/C35H35N3O3S/c1-21-8-12-28(18-22(21)2)38-42(40,41)29-15-13-27(14-16-29)36-35(39)26-11-17-31-30(20-26)32-24-9-10-25(19-24)33(32)34(37-31)23-6-4-3-5-7-23/h3-8,11-18,20,24-25,32-34,37-38H,9-10,19H2,1-2H3,(H,36,39)/t24-,25-,32-,33-,34-/m0/s1. The number of nitrogens with one attached hydrogen (secondary N) is 3. The predicted octanol–water partition coefficient (Wildman–Crippen LogP) is 7.65. The van der Waals surface area contributed by atoms with Crippen molar-refractivity contribution in [2.45, 2.75) is 50.0 Å². The molecule has 6 nitrogen and oxygen atoms in total. The molecule has 0 unspecified atom stereocenters. The number of sulfonamides is 1. The van der Waals surface area contributed by atoms with Gasteiger partial charge in [0.15, 0.2) is 0 Å². The molecule has 4 aromatic rings. The van der Waals surface area contributed by atoms with E-state index in [0.717, 1.165) is 16.8 Å². The molecule has 5 atom stereocenters. The molecule has 0 radical (unpaired) electrons. The first-order valence-corrected chi connectivity index (χ1v) is 16.2. The van der Waals surface area contributed by atoms with Crippen molar-refractivity contribution in [1.29, 1.82) is 0 Å². The van der Waals surface area contributed by atoms with Crippen LogP contribution in [0.2, 0.25) is 0 Å². The van der Waals surface area contributed by atoms with Gasteiger partial charge >= 0.3 is 0 Å². The van der Waals surface area contributed by atoms with Crippen LogP contribution in [-0.4, -0.2) is 14.3 Å². The fourth-order valence-electron chi connectivity index (χ4n) is 7.56. The normalized spacial score (nSPS) is 23.9. The smallest absolute Gasteiger partial charge is 0.261 e. The van der Waals surface area contributed by atoms with Gasteiger partial charge in [-0.1, -0.05) is 36.4 Å². The highest BCUT2D eigenvalue weighted by atomic mass is 32.2. The molecule has 1 amide bonds. The third-order valence-electron chi connectivity index (χ3n) is 9.69. The maximum atomic E-state index is 13.4. The van der Waals surface area contributed by atoms with E-state index in [0.29, 0.717) is 40.6 Å². The van der Waals surface area contributed by atoms with E-state index < -0.39 is 10.0 Å². The largest absolute Gasteiger partial charge is 0.378 e. The average molecular weight is 578 g/mol. The fraction of sp³-hybridized carbons (Fsp3) is 0.286. The van der Waals surface area contributed by atoms with Gasteiger partial charge in [-0.3, -0.25) is 9.52 Å². The monoisotopic (exact) mass is 577 g/mol. The number of amides is 1. The van der Waals surface area contributed by atoms with Gasteiger partial charge in [0.25, 0.3) is 15.9 Å².